The largest absolute Gasteiger partial charge is 0.397 e. The van der Waals surface area contributed by atoms with Crippen LogP contribution in [-0.4, -0.2) is 82.6 Å². The molecule has 2 aliphatic rings. The molecule has 0 aliphatic carbocycles. The zero-order chi connectivity index (χ0) is 24.9. The number of nitrogens with two attached hydrogens (primary N) is 1. The lowest BCUT2D eigenvalue weighted by Crippen LogP contribution is -2.55. The number of nitrogens with zero attached hydrogens (tertiary/aromatic N) is 4. The number of anilines is 3. The molecular weight excluding hydrogens is 478 g/mol. The fourth-order valence-electron chi connectivity index (χ4n) is 4.47. The topological polar surface area (TPSA) is 129 Å². The summed E-state index contributed by atoms with van der Waals surface area (Å²) in [6.45, 7) is 4.38. The molecule has 3 aromatic rings. The highest BCUT2D eigenvalue weighted by atomic mass is 32.1. The van der Waals surface area contributed by atoms with Gasteiger partial charge >= 0.3 is 0 Å². The van der Waals surface area contributed by atoms with Crippen LogP contribution in [0, 0.1) is 0 Å². The van der Waals surface area contributed by atoms with Crippen LogP contribution >= 0.6 is 11.3 Å². The van der Waals surface area contributed by atoms with Crippen molar-refractivity contribution < 1.29 is 14.6 Å². The van der Waals surface area contributed by atoms with E-state index in [4.69, 9.17) is 10.5 Å². The van der Waals surface area contributed by atoms with E-state index in [1.165, 1.54) is 12.4 Å². The zero-order valence-electron chi connectivity index (χ0n) is 20.0. The first-order valence-electron chi connectivity index (χ1n) is 12.1. The van der Waals surface area contributed by atoms with Crippen LogP contribution in [0.3, 0.4) is 0 Å². The number of hydrogen-bond acceptors (Lipinski definition) is 10. The lowest BCUT2D eigenvalue weighted by Gasteiger charge is -2.41. The molecule has 0 bridgehead atoms. The summed E-state index contributed by atoms with van der Waals surface area (Å²) < 4.78 is 5.37. The summed E-state index contributed by atoms with van der Waals surface area (Å²) in [7, 11) is 0. The van der Waals surface area contributed by atoms with Crippen molar-refractivity contribution in [1.82, 2.24) is 19.8 Å². The fraction of sp³-hybridized carbons (Fsp3) is 0.400. The van der Waals surface area contributed by atoms with Gasteiger partial charge in [0, 0.05) is 49.5 Å². The lowest BCUT2D eigenvalue weighted by molar-refractivity contribution is -0.144. The average molecular weight is 510 g/mol. The number of carbonyl (C=O) groups excluding carboxylic acids is 1. The van der Waals surface area contributed by atoms with Crippen LogP contribution in [0.25, 0.3) is 10.4 Å². The maximum Gasteiger partial charge on any atom is 0.258 e. The van der Waals surface area contributed by atoms with Gasteiger partial charge in [0.1, 0.15) is 0 Å². The minimum absolute atomic E-state index is 0.206. The predicted octanol–water partition coefficient (Wildman–Crippen LogP) is 2.52. The summed E-state index contributed by atoms with van der Waals surface area (Å²) in [4.78, 5) is 26.7. The number of amides is 1. The Bertz CT molecular complexity index is 1140. The number of aromatic nitrogens is 2. The van der Waals surface area contributed by atoms with Gasteiger partial charge in [0.15, 0.2) is 6.35 Å². The minimum atomic E-state index is -0.566. The number of nitrogens with one attached hydrogen (secondary N) is 2. The van der Waals surface area contributed by atoms with Gasteiger partial charge in [-0.2, -0.15) is 0 Å². The Morgan fingerprint density at radius 3 is 2.53 bits per heavy atom. The molecule has 10 nitrogen and oxygen atoms in total. The predicted molar refractivity (Wildman–Crippen MR) is 141 cm³/mol. The Labute approximate surface area is 214 Å². The van der Waals surface area contributed by atoms with Gasteiger partial charge in [0.25, 0.3) is 5.91 Å². The quantitative estimate of drug-likeness (QED) is 0.355. The van der Waals surface area contributed by atoms with Crippen molar-refractivity contribution >= 4 is 34.6 Å². The fourth-order valence-corrected chi connectivity index (χ4v) is 5.20. The maximum atomic E-state index is 12.8. The monoisotopic (exact) mass is 509 g/mol. The van der Waals surface area contributed by atoms with Gasteiger partial charge in [-0.3, -0.25) is 14.6 Å². The summed E-state index contributed by atoms with van der Waals surface area (Å²) in [5.74, 6) is 0.167. The lowest BCUT2D eigenvalue weighted by atomic mass is 10.1. The van der Waals surface area contributed by atoms with Crippen molar-refractivity contribution in [3.8, 4) is 10.4 Å². The Hall–Kier alpha value is -3.09. The van der Waals surface area contributed by atoms with Crippen molar-refractivity contribution in [3.63, 3.8) is 0 Å². The second-order valence-electron chi connectivity index (χ2n) is 8.98. The third-order valence-electron chi connectivity index (χ3n) is 6.58. The highest BCUT2D eigenvalue weighted by Crippen LogP contribution is 2.30. The van der Waals surface area contributed by atoms with Gasteiger partial charge in [-0.1, -0.05) is 12.1 Å². The minimum Gasteiger partial charge on any atom is -0.397 e. The Kier molecular flexibility index (Phi) is 7.73. The summed E-state index contributed by atoms with van der Waals surface area (Å²) in [6, 6.07) is 9.82. The molecule has 2 aliphatic heterocycles. The Morgan fingerprint density at radius 2 is 1.83 bits per heavy atom. The van der Waals surface area contributed by atoms with Crippen molar-refractivity contribution in [2.45, 2.75) is 25.2 Å². The SMILES string of the molecule is Nc1ccc(-c2cccs2)cc1NC(=O)c1cnc(NC2CCN(C(O)N3CCOCC3)CC2)nc1. The average Bonchev–Trinajstić information content (AvgIpc) is 3.46. The second kappa shape index (κ2) is 11.3. The molecular formula is C25H31N7O3S. The molecule has 0 radical (unpaired) electrons. The molecule has 5 N–H and O–H groups in total. The number of morpholine rings is 1. The van der Waals surface area contributed by atoms with Crippen molar-refractivity contribution in [2.75, 3.05) is 55.8 Å². The van der Waals surface area contributed by atoms with Gasteiger partial charge in [-0.05, 0) is 42.0 Å². The molecule has 2 aromatic heterocycles. The molecule has 2 saturated heterocycles. The number of hydrogen-bond donors (Lipinski definition) is 4. The molecule has 36 heavy (non-hydrogen) atoms. The van der Waals surface area contributed by atoms with Crippen LogP contribution in [0.4, 0.5) is 17.3 Å². The number of rotatable bonds is 7. The number of nitrogen functional groups attached to an aromatic ring is 1. The van der Waals surface area contributed by atoms with E-state index in [1.54, 1.807) is 17.4 Å². The molecule has 2 fully saturated rings. The summed E-state index contributed by atoms with van der Waals surface area (Å²) in [5.41, 5.74) is 8.48. The third-order valence-corrected chi connectivity index (χ3v) is 7.50. The van der Waals surface area contributed by atoms with Crippen LogP contribution in [0.1, 0.15) is 23.2 Å². The number of ether oxygens (including phenoxy) is 1. The standard InChI is InChI=1S/C25H31N7O3S/c26-20-4-3-17(22-2-1-13-36-22)14-21(20)30-23(33)18-15-27-24(28-16-18)29-19-5-7-31(8-6-19)25(34)32-9-11-35-12-10-32/h1-4,13-16,19,25,34H,5-12,26H2,(H,30,33)(H,27,28,29). The highest BCUT2D eigenvalue weighted by molar-refractivity contribution is 7.13. The zero-order valence-corrected chi connectivity index (χ0v) is 20.8. The van der Waals surface area contributed by atoms with E-state index in [-0.39, 0.29) is 11.9 Å². The van der Waals surface area contributed by atoms with Crippen LogP contribution < -0.4 is 16.4 Å². The molecule has 1 atom stereocenters. The Morgan fingerprint density at radius 1 is 1.11 bits per heavy atom. The van der Waals surface area contributed by atoms with E-state index in [2.05, 4.69) is 30.4 Å². The molecule has 5 rings (SSSR count). The number of thiophene rings is 1. The van der Waals surface area contributed by atoms with Gasteiger partial charge in [-0.15, -0.1) is 11.3 Å². The number of carbonyl (C=O) groups is 1. The van der Waals surface area contributed by atoms with Gasteiger partial charge in [-0.25, -0.2) is 9.97 Å². The molecule has 0 saturated carbocycles. The third kappa shape index (κ3) is 5.82. The van der Waals surface area contributed by atoms with E-state index in [9.17, 15) is 9.90 Å². The van der Waals surface area contributed by atoms with Gasteiger partial charge < -0.3 is 26.2 Å². The van der Waals surface area contributed by atoms with Crippen LogP contribution in [0.5, 0.6) is 0 Å². The first kappa shape index (κ1) is 24.6. The number of aliphatic hydroxyl groups excluding tert-OH is 1. The molecule has 4 heterocycles. The van der Waals surface area contributed by atoms with E-state index in [0.717, 1.165) is 49.5 Å². The molecule has 11 heteroatoms. The van der Waals surface area contributed by atoms with Crippen LogP contribution in [-0.2, 0) is 4.74 Å². The highest BCUT2D eigenvalue weighted by Gasteiger charge is 2.28. The van der Waals surface area contributed by atoms with E-state index in [0.29, 0.717) is 36.1 Å². The van der Waals surface area contributed by atoms with Crippen LogP contribution in [0.15, 0.2) is 48.1 Å². The first-order valence-corrected chi connectivity index (χ1v) is 13.0. The Balaban J connectivity index is 1.13. The van der Waals surface area contributed by atoms with E-state index >= 15 is 0 Å². The number of aliphatic hydroxyl groups is 1. The molecule has 190 valence electrons. The maximum absolute atomic E-state index is 12.8. The summed E-state index contributed by atoms with van der Waals surface area (Å²) in [5, 5.41) is 18.9. The molecule has 1 unspecified atom stereocenters. The second-order valence-corrected chi connectivity index (χ2v) is 9.93. The molecule has 1 aromatic carbocycles. The van der Waals surface area contributed by atoms with Crippen molar-refractivity contribution in [1.29, 1.82) is 0 Å². The smallest absolute Gasteiger partial charge is 0.258 e. The molecule has 1 amide bonds. The summed E-state index contributed by atoms with van der Waals surface area (Å²) >= 11 is 1.63. The molecule has 0 spiro atoms. The number of benzene rings is 1. The van der Waals surface area contributed by atoms with E-state index in [1.807, 2.05) is 29.6 Å². The van der Waals surface area contributed by atoms with E-state index < -0.39 is 6.35 Å². The van der Waals surface area contributed by atoms with Crippen molar-refractivity contribution in [3.05, 3.63) is 53.7 Å². The number of piperidine rings is 1. The first-order chi connectivity index (χ1) is 17.6. The van der Waals surface area contributed by atoms with Gasteiger partial charge in [0.05, 0.1) is 30.2 Å². The number of likely N-dealkylation sites (tertiary alicyclic amines) is 1. The van der Waals surface area contributed by atoms with Crippen molar-refractivity contribution in [2.24, 2.45) is 0 Å². The summed E-state index contributed by atoms with van der Waals surface area (Å²) in [6.07, 6.45) is 4.20. The van der Waals surface area contributed by atoms with Gasteiger partial charge in [0.2, 0.25) is 5.95 Å². The normalized spacial score (nSPS) is 18.6. The van der Waals surface area contributed by atoms with Crippen LogP contribution in [0.2, 0.25) is 0 Å².